The predicted molar refractivity (Wildman–Crippen MR) is 146 cm³/mol. The smallest absolute Gasteiger partial charge is 0.407 e. The molecule has 0 spiro atoms. The molecule has 4 aromatic rings. The van der Waals surface area contributed by atoms with Crippen molar-refractivity contribution in [3.63, 3.8) is 0 Å². The highest BCUT2D eigenvalue weighted by Crippen LogP contribution is 2.32. The fourth-order valence-corrected chi connectivity index (χ4v) is 4.86. The highest BCUT2D eigenvalue weighted by atomic mass is 19.2. The summed E-state index contributed by atoms with van der Waals surface area (Å²) in [6.07, 6.45) is -1.18. The highest BCUT2D eigenvalue weighted by Gasteiger charge is 2.27. The minimum atomic E-state index is -1.18. The highest BCUT2D eigenvalue weighted by molar-refractivity contribution is 6.06. The van der Waals surface area contributed by atoms with E-state index in [1.165, 1.54) is 0 Å². The van der Waals surface area contributed by atoms with E-state index in [1.54, 1.807) is 23.1 Å². The van der Waals surface area contributed by atoms with Gasteiger partial charge in [-0.3, -0.25) is 4.79 Å². The topological polar surface area (TPSA) is 116 Å². The van der Waals surface area contributed by atoms with Crippen LogP contribution < -0.4 is 5.73 Å². The maximum absolute atomic E-state index is 14.5. The van der Waals surface area contributed by atoms with E-state index >= 15 is 0 Å². The van der Waals surface area contributed by atoms with Crippen LogP contribution in [0.4, 0.5) is 19.5 Å². The molecule has 1 aliphatic heterocycles. The number of nitrogen functional groups attached to an aromatic ring is 1. The maximum atomic E-state index is 14.5. The van der Waals surface area contributed by atoms with Gasteiger partial charge in [0.2, 0.25) is 5.95 Å². The zero-order valence-electron chi connectivity index (χ0n) is 22.1. The van der Waals surface area contributed by atoms with E-state index < -0.39 is 17.7 Å². The largest absolute Gasteiger partial charge is 0.465 e. The molecule has 3 aromatic carbocycles. The molecule has 0 atom stereocenters. The van der Waals surface area contributed by atoms with Gasteiger partial charge in [-0.05, 0) is 66.2 Å². The van der Waals surface area contributed by atoms with E-state index in [4.69, 9.17) is 5.73 Å². The number of carbonyl (C=O) groups excluding carboxylic acids is 1. The average molecular weight is 547 g/mol. The van der Waals surface area contributed by atoms with Crippen LogP contribution in [-0.2, 0) is 19.6 Å². The Morgan fingerprint density at radius 3 is 2.30 bits per heavy atom. The summed E-state index contributed by atoms with van der Waals surface area (Å²) in [6, 6.07) is 14.7. The van der Waals surface area contributed by atoms with Crippen LogP contribution in [0, 0.1) is 11.6 Å². The molecule has 3 N–H and O–H groups in total. The van der Waals surface area contributed by atoms with E-state index in [-0.39, 0.29) is 36.2 Å². The lowest BCUT2D eigenvalue weighted by molar-refractivity contribution is 0.0747. The molecule has 1 aliphatic rings. The van der Waals surface area contributed by atoms with Gasteiger partial charge < -0.3 is 25.5 Å². The lowest BCUT2D eigenvalue weighted by Gasteiger charge is -2.23. The van der Waals surface area contributed by atoms with Crippen LogP contribution in [0.3, 0.4) is 0 Å². The maximum Gasteiger partial charge on any atom is 0.407 e. The first-order chi connectivity index (χ1) is 19.1. The number of likely N-dealkylation sites (N-methyl/N-ethyl adjacent to an activating group) is 1. The van der Waals surface area contributed by atoms with Crippen LogP contribution in [0.25, 0.3) is 22.0 Å². The van der Waals surface area contributed by atoms with Crippen molar-refractivity contribution in [2.75, 3.05) is 32.9 Å². The molecule has 0 bridgehead atoms. The number of aromatic nitrogens is 2. The summed E-state index contributed by atoms with van der Waals surface area (Å²) >= 11 is 0. The summed E-state index contributed by atoms with van der Waals surface area (Å²) in [5.74, 6) is -2.56. The van der Waals surface area contributed by atoms with Gasteiger partial charge in [0.25, 0.3) is 5.91 Å². The summed E-state index contributed by atoms with van der Waals surface area (Å²) in [4.78, 5) is 38.7. The Kier molecular flexibility index (Phi) is 7.31. The quantitative estimate of drug-likeness (QED) is 0.354. The molecule has 11 heteroatoms. The standard InChI is InChI=1S/C29H28F2N6O3/c1-35(2)9-10-36(29(39)40)16-20-12-23(30)24(31)13-21(20)17-7-8-25-22(11-17)26(34-28(32)33-25)27(38)37-14-18-5-3-4-6-19(18)15-37/h3-8,11-13H,9-10,14-16H2,1-2H3,(H,39,40)(H2,32,33,34). The number of hydrogen-bond acceptors (Lipinski definition) is 6. The number of rotatable bonds is 7. The van der Waals surface area contributed by atoms with E-state index in [2.05, 4.69) is 9.97 Å². The van der Waals surface area contributed by atoms with Gasteiger partial charge in [0.1, 0.15) is 5.69 Å². The summed E-state index contributed by atoms with van der Waals surface area (Å²) in [5, 5.41) is 10.1. The van der Waals surface area contributed by atoms with Crippen LogP contribution in [0.15, 0.2) is 54.6 Å². The van der Waals surface area contributed by atoms with Crippen molar-refractivity contribution < 1.29 is 23.5 Å². The van der Waals surface area contributed by atoms with Crippen molar-refractivity contribution in [3.8, 4) is 11.1 Å². The van der Waals surface area contributed by atoms with Crippen molar-refractivity contribution in [1.82, 2.24) is 24.7 Å². The molecule has 0 saturated carbocycles. The molecule has 2 amide bonds. The van der Waals surface area contributed by atoms with E-state index in [0.29, 0.717) is 41.7 Å². The van der Waals surface area contributed by atoms with Crippen molar-refractivity contribution in [2.45, 2.75) is 19.6 Å². The zero-order chi connectivity index (χ0) is 28.6. The first-order valence-corrected chi connectivity index (χ1v) is 12.6. The first-order valence-electron chi connectivity index (χ1n) is 12.6. The van der Waals surface area contributed by atoms with E-state index in [0.717, 1.165) is 28.2 Å². The minimum Gasteiger partial charge on any atom is -0.465 e. The van der Waals surface area contributed by atoms with Crippen LogP contribution >= 0.6 is 0 Å². The van der Waals surface area contributed by atoms with Crippen LogP contribution in [-0.4, -0.2) is 69.0 Å². The third-order valence-electron chi connectivity index (χ3n) is 6.95. The Morgan fingerprint density at radius 2 is 1.65 bits per heavy atom. The molecular formula is C29H28F2N6O3. The summed E-state index contributed by atoms with van der Waals surface area (Å²) in [5.41, 5.74) is 9.57. The second-order valence-electron chi connectivity index (χ2n) is 10.0. The number of hydrogen-bond donors (Lipinski definition) is 2. The minimum absolute atomic E-state index is 0.0631. The van der Waals surface area contributed by atoms with Crippen LogP contribution in [0.5, 0.6) is 0 Å². The predicted octanol–water partition coefficient (Wildman–Crippen LogP) is 4.35. The Labute approximate surface area is 229 Å². The van der Waals surface area contributed by atoms with Gasteiger partial charge in [-0.15, -0.1) is 0 Å². The Bertz CT molecular complexity index is 1600. The SMILES string of the molecule is CN(C)CCN(Cc1cc(F)c(F)cc1-c1ccc2nc(N)nc(C(=O)N3Cc4ccccc4C3)c2c1)C(=O)O. The lowest BCUT2D eigenvalue weighted by Crippen LogP contribution is -2.35. The molecule has 206 valence electrons. The van der Waals surface area contributed by atoms with Crippen molar-refractivity contribution in [2.24, 2.45) is 0 Å². The number of amides is 2. The number of fused-ring (bicyclic) bond motifs is 2. The molecule has 2 heterocycles. The number of nitrogens with two attached hydrogens (primary N) is 1. The number of nitrogens with zero attached hydrogens (tertiary/aromatic N) is 5. The summed E-state index contributed by atoms with van der Waals surface area (Å²) in [6.45, 7) is 1.30. The first kappa shape index (κ1) is 26.9. The second kappa shape index (κ2) is 10.9. The molecule has 0 radical (unpaired) electrons. The third-order valence-corrected chi connectivity index (χ3v) is 6.95. The Hall–Kier alpha value is -4.64. The van der Waals surface area contributed by atoms with Gasteiger partial charge in [-0.1, -0.05) is 30.3 Å². The van der Waals surface area contributed by atoms with Gasteiger partial charge in [-0.2, -0.15) is 0 Å². The van der Waals surface area contributed by atoms with Gasteiger partial charge in [0.05, 0.1) is 5.52 Å². The molecule has 0 saturated heterocycles. The van der Waals surface area contributed by atoms with Gasteiger partial charge in [0.15, 0.2) is 11.6 Å². The normalized spacial score (nSPS) is 12.7. The lowest BCUT2D eigenvalue weighted by atomic mass is 9.96. The van der Waals surface area contributed by atoms with E-state index in [1.807, 2.05) is 43.3 Å². The van der Waals surface area contributed by atoms with Crippen molar-refractivity contribution in [3.05, 3.63) is 88.6 Å². The van der Waals surface area contributed by atoms with Gasteiger partial charge >= 0.3 is 6.09 Å². The van der Waals surface area contributed by atoms with Crippen LogP contribution in [0.1, 0.15) is 27.2 Å². The Morgan fingerprint density at radius 1 is 0.975 bits per heavy atom. The fourth-order valence-electron chi connectivity index (χ4n) is 4.86. The Balaban J connectivity index is 1.56. The van der Waals surface area contributed by atoms with Crippen molar-refractivity contribution >= 4 is 28.9 Å². The van der Waals surface area contributed by atoms with Crippen LogP contribution in [0.2, 0.25) is 0 Å². The van der Waals surface area contributed by atoms with E-state index in [9.17, 15) is 23.5 Å². The monoisotopic (exact) mass is 546 g/mol. The molecule has 0 aliphatic carbocycles. The fraction of sp³-hybridized carbons (Fsp3) is 0.241. The average Bonchev–Trinajstić information content (AvgIpc) is 3.36. The third kappa shape index (κ3) is 5.41. The van der Waals surface area contributed by atoms with Crippen molar-refractivity contribution in [1.29, 1.82) is 0 Å². The van der Waals surface area contributed by atoms with Gasteiger partial charge in [0, 0.05) is 38.1 Å². The molecule has 0 fully saturated rings. The second-order valence-corrected chi connectivity index (χ2v) is 10.0. The molecule has 9 nitrogen and oxygen atoms in total. The summed E-state index contributed by atoms with van der Waals surface area (Å²) in [7, 11) is 3.62. The number of halogens is 2. The molecule has 5 rings (SSSR count). The number of benzene rings is 3. The molecule has 0 unspecified atom stereocenters. The molecule has 1 aromatic heterocycles. The van der Waals surface area contributed by atoms with Gasteiger partial charge in [-0.25, -0.2) is 23.5 Å². The summed E-state index contributed by atoms with van der Waals surface area (Å²) < 4.78 is 28.8. The molecular weight excluding hydrogens is 518 g/mol. The zero-order valence-corrected chi connectivity index (χ0v) is 22.1. The number of anilines is 1. The number of carboxylic acid groups (broad SMARTS) is 1. The number of carbonyl (C=O) groups is 2. The molecule has 40 heavy (non-hydrogen) atoms.